The minimum absolute atomic E-state index is 0.113. The van der Waals surface area contributed by atoms with E-state index in [0.29, 0.717) is 34.8 Å². The molecule has 3 aromatic carbocycles. The molecule has 1 saturated heterocycles. The fraction of sp³-hybridized carbons (Fsp3) is 0.361. The molecule has 4 aromatic rings. The topological polar surface area (TPSA) is 116 Å². The third-order valence-electron chi connectivity index (χ3n) is 9.49. The van der Waals surface area contributed by atoms with E-state index < -0.39 is 28.9 Å². The Bertz CT molecular complexity index is 1810. The van der Waals surface area contributed by atoms with Crippen molar-refractivity contribution >= 4 is 34.1 Å². The first kappa shape index (κ1) is 33.1. The highest BCUT2D eigenvalue weighted by atomic mass is 19.1. The predicted molar refractivity (Wildman–Crippen MR) is 176 cm³/mol. The van der Waals surface area contributed by atoms with Crippen LogP contribution in [0.2, 0.25) is 0 Å². The first-order chi connectivity index (χ1) is 23.1. The second-order valence-electron chi connectivity index (χ2n) is 12.1. The maximum Gasteiger partial charge on any atom is 0.247 e. The maximum atomic E-state index is 15.8. The summed E-state index contributed by atoms with van der Waals surface area (Å²) in [6.07, 6.45) is 2.38. The number of morpholine rings is 1. The molecule has 1 saturated carbocycles. The summed E-state index contributed by atoms with van der Waals surface area (Å²) in [4.78, 5) is 34.6. The summed E-state index contributed by atoms with van der Waals surface area (Å²) >= 11 is 0. The average Bonchev–Trinajstić information content (AvgIpc) is 3.65. The monoisotopic (exact) mass is 660 g/mol. The number of amides is 2. The average molecular weight is 661 g/mol. The molecule has 2 aliphatic rings. The number of rotatable bonds is 12. The zero-order chi connectivity index (χ0) is 34.0. The lowest BCUT2D eigenvalue weighted by Gasteiger charge is -2.27. The lowest BCUT2D eigenvalue weighted by atomic mass is 9.98. The number of pyridine rings is 1. The van der Waals surface area contributed by atoms with Crippen molar-refractivity contribution < 1.29 is 37.3 Å². The van der Waals surface area contributed by atoms with Crippen LogP contribution in [0.3, 0.4) is 0 Å². The lowest BCUT2D eigenvalue weighted by molar-refractivity contribution is -0.134. The molecule has 252 valence electrons. The fourth-order valence-electron chi connectivity index (χ4n) is 6.49. The number of aromatic nitrogens is 1. The van der Waals surface area contributed by atoms with Gasteiger partial charge >= 0.3 is 0 Å². The molecule has 2 N–H and O–H groups in total. The van der Waals surface area contributed by atoms with Crippen molar-refractivity contribution in [2.45, 2.75) is 20.3 Å². The third-order valence-corrected chi connectivity index (χ3v) is 9.49. The van der Waals surface area contributed by atoms with E-state index in [1.165, 1.54) is 48.4 Å². The molecule has 1 aromatic heterocycles. The van der Waals surface area contributed by atoms with E-state index in [4.69, 9.17) is 24.7 Å². The summed E-state index contributed by atoms with van der Waals surface area (Å²) in [7, 11) is 1.54. The molecule has 6 rings (SSSR count). The van der Waals surface area contributed by atoms with Gasteiger partial charge in [-0.1, -0.05) is 13.8 Å². The van der Waals surface area contributed by atoms with E-state index in [2.05, 4.69) is 9.88 Å². The van der Waals surface area contributed by atoms with Crippen molar-refractivity contribution in [2.75, 3.05) is 51.5 Å². The van der Waals surface area contributed by atoms with Crippen LogP contribution < -0.4 is 24.8 Å². The molecule has 0 spiro atoms. The van der Waals surface area contributed by atoms with Gasteiger partial charge in [-0.2, -0.15) is 0 Å². The van der Waals surface area contributed by atoms with E-state index >= 15 is 4.39 Å². The molecule has 1 aliphatic heterocycles. The predicted octanol–water partition coefficient (Wildman–Crippen LogP) is 5.84. The van der Waals surface area contributed by atoms with Crippen molar-refractivity contribution in [1.82, 2.24) is 9.88 Å². The van der Waals surface area contributed by atoms with Gasteiger partial charge < -0.3 is 24.7 Å². The van der Waals surface area contributed by atoms with Crippen molar-refractivity contribution in [1.29, 1.82) is 0 Å². The number of nitrogens with zero attached hydrogens (tertiary/aromatic N) is 3. The molecule has 1 aliphatic carbocycles. The van der Waals surface area contributed by atoms with E-state index in [9.17, 15) is 14.0 Å². The van der Waals surface area contributed by atoms with Gasteiger partial charge in [0, 0.05) is 49.0 Å². The molecule has 2 fully saturated rings. The van der Waals surface area contributed by atoms with Gasteiger partial charge in [0.15, 0.2) is 23.1 Å². The number of halogens is 2. The highest BCUT2D eigenvalue weighted by Crippen LogP contribution is 2.60. The SMILES string of the molecule is COc1cc2c(Oc3ccc(N(C(=O)C4(C(N)=O)C(C)C4C)c4ccc(F)cc4)cc3F)ccnc2cc1OCCCN1CCOCC1. The number of primary amides is 1. The van der Waals surface area contributed by atoms with E-state index in [1.807, 2.05) is 0 Å². The molecule has 2 unspecified atom stereocenters. The van der Waals surface area contributed by atoms with Crippen LogP contribution in [0.25, 0.3) is 10.9 Å². The van der Waals surface area contributed by atoms with Gasteiger partial charge in [0.2, 0.25) is 11.8 Å². The summed E-state index contributed by atoms with van der Waals surface area (Å²) in [5, 5.41) is 0.571. The zero-order valence-electron chi connectivity index (χ0n) is 27.1. The quantitative estimate of drug-likeness (QED) is 0.149. The van der Waals surface area contributed by atoms with Gasteiger partial charge in [0.05, 0.1) is 38.1 Å². The second-order valence-corrected chi connectivity index (χ2v) is 12.1. The number of benzene rings is 3. The highest BCUT2D eigenvalue weighted by molar-refractivity contribution is 6.17. The number of nitrogens with two attached hydrogens (primary N) is 1. The Kier molecular flexibility index (Phi) is 9.47. The number of hydrogen-bond donors (Lipinski definition) is 1. The van der Waals surface area contributed by atoms with Crippen LogP contribution in [0, 0.1) is 28.9 Å². The van der Waals surface area contributed by atoms with Gasteiger partial charge in [-0.05, 0) is 66.8 Å². The number of carbonyl (C=O) groups excluding carboxylic acids is 2. The Morgan fingerprint density at radius 1 is 0.958 bits per heavy atom. The first-order valence-electron chi connectivity index (χ1n) is 15.9. The van der Waals surface area contributed by atoms with Crippen LogP contribution in [0.5, 0.6) is 23.0 Å². The molecule has 2 heterocycles. The van der Waals surface area contributed by atoms with Crippen molar-refractivity contribution in [3.05, 3.63) is 78.5 Å². The number of ether oxygens (including phenoxy) is 4. The summed E-state index contributed by atoms with van der Waals surface area (Å²) in [6.45, 7) is 8.24. The summed E-state index contributed by atoms with van der Waals surface area (Å²) < 4.78 is 52.7. The van der Waals surface area contributed by atoms with Crippen LogP contribution in [-0.2, 0) is 14.3 Å². The minimum Gasteiger partial charge on any atom is -0.493 e. The van der Waals surface area contributed by atoms with Crippen LogP contribution >= 0.6 is 0 Å². The Morgan fingerprint density at radius 2 is 1.67 bits per heavy atom. The van der Waals surface area contributed by atoms with Gasteiger partial charge in [-0.25, -0.2) is 8.78 Å². The Hall–Kier alpha value is -4.81. The standard InChI is InChI=1S/C36H38F2N4O6/c1-22-23(2)36(22,34(39)43)35(44)42(25-7-5-24(37)6-8-25)26-9-10-31(28(38)19-26)48-30-11-12-40-29-21-33(32(45-3)20-27(29)30)47-16-4-13-41-14-17-46-18-15-41/h5-12,19-23H,4,13-18H2,1-3H3,(H2,39,43). The van der Waals surface area contributed by atoms with Crippen molar-refractivity contribution in [3.63, 3.8) is 0 Å². The number of methoxy groups -OCH3 is 1. The van der Waals surface area contributed by atoms with Crippen LogP contribution in [0.1, 0.15) is 20.3 Å². The van der Waals surface area contributed by atoms with Gasteiger partial charge in [0.1, 0.15) is 17.0 Å². The molecule has 0 radical (unpaired) electrons. The largest absolute Gasteiger partial charge is 0.493 e. The summed E-state index contributed by atoms with van der Waals surface area (Å²) in [6, 6.07) is 14.3. The zero-order valence-corrected chi connectivity index (χ0v) is 27.1. The van der Waals surface area contributed by atoms with Crippen LogP contribution in [0.15, 0.2) is 66.9 Å². The molecule has 10 nitrogen and oxygen atoms in total. The molecule has 2 atom stereocenters. The molecule has 12 heteroatoms. The second kappa shape index (κ2) is 13.7. The van der Waals surface area contributed by atoms with E-state index in [0.717, 1.165) is 45.3 Å². The smallest absolute Gasteiger partial charge is 0.247 e. The van der Waals surface area contributed by atoms with E-state index in [-0.39, 0.29) is 29.0 Å². The van der Waals surface area contributed by atoms with Gasteiger partial charge in [0.25, 0.3) is 0 Å². The molecule has 0 bridgehead atoms. The molecule has 2 amide bonds. The Balaban J connectivity index is 1.25. The fourth-order valence-corrected chi connectivity index (χ4v) is 6.49. The summed E-state index contributed by atoms with van der Waals surface area (Å²) in [5.41, 5.74) is 5.21. The Labute approximate surface area is 277 Å². The number of fused-ring (bicyclic) bond motifs is 1. The maximum absolute atomic E-state index is 15.8. The number of anilines is 2. The van der Waals surface area contributed by atoms with Crippen LogP contribution in [-0.4, -0.2) is 68.3 Å². The lowest BCUT2D eigenvalue weighted by Crippen LogP contribution is -2.43. The van der Waals surface area contributed by atoms with Gasteiger partial charge in [-0.3, -0.25) is 24.4 Å². The molecule has 48 heavy (non-hydrogen) atoms. The van der Waals surface area contributed by atoms with E-state index in [1.54, 1.807) is 38.2 Å². The van der Waals surface area contributed by atoms with Gasteiger partial charge in [-0.15, -0.1) is 0 Å². The number of hydrogen-bond acceptors (Lipinski definition) is 8. The Morgan fingerprint density at radius 3 is 2.31 bits per heavy atom. The highest BCUT2D eigenvalue weighted by Gasteiger charge is 2.70. The van der Waals surface area contributed by atoms with Crippen LogP contribution in [0.4, 0.5) is 20.2 Å². The minimum atomic E-state index is -1.47. The third kappa shape index (κ3) is 6.25. The first-order valence-corrected chi connectivity index (χ1v) is 15.9. The molecular weight excluding hydrogens is 622 g/mol. The normalized spacial score (nSPS) is 20.7. The molecular formula is C36H38F2N4O6. The summed E-state index contributed by atoms with van der Waals surface area (Å²) in [5.74, 6) is -2.08. The number of carbonyl (C=O) groups is 2. The van der Waals surface area contributed by atoms with Crippen molar-refractivity contribution in [2.24, 2.45) is 23.0 Å². The van der Waals surface area contributed by atoms with Crippen molar-refractivity contribution in [3.8, 4) is 23.0 Å².